The molecule has 3 nitrogen and oxygen atoms in total. The summed E-state index contributed by atoms with van der Waals surface area (Å²) in [7, 11) is 1.88. The van der Waals surface area contributed by atoms with Gasteiger partial charge in [0.1, 0.15) is 6.29 Å². The minimum atomic E-state index is 0.285. The Morgan fingerprint density at radius 2 is 2.23 bits per heavy atom. The molecule has 0 fully saturated rings. The van der Waals surface area contributed by atoms with E-state index in [9.17, 15) is 4.79 Å². The number of aldehydes is 1. The lowest BCUT2D eigenvalue weighted by Gasteiger charge is -1.91. The average molecular weight is 176 g/mol. The Morgan fingerprint density at radius 1 is 1.54 bits per heavy atom. The molecule has 0 saturated carbocycles. The third-order valence-corrected chi connectivity index (χ3v) is 1.91. The average Bonchev–Trinajstić information content (AvgIpc) is 2.32. The summed E-state index contributed by atoms with van der Waals surface area (Å²) >= 11 is 0. The number of hydrogen-bond donors (Lipinski definition) is 0. The van der Waals surface area contributed by atoms with Gasteiger partial charge in [-0.25, -0.2) is 0 Å². The maximum absolute atomic E-state index is 10.0. The Kier molecular flexibility index (Phi) is 2.86. The first kappa shape index (κ1) is 9.53. The molecule has 1 aromatic rings. The molecule has 1 rings (SSSR count). The normalized spacial score (nSPS) is 9.15. The van der Waals surface area contributed by atoms with Gasteiger partial charge in [-0.1, -0.05) is 11.8 Å². The molecule has 0 saturated heterocycles. The fourth-order valence-corrected chi connectivity index (χ4v) is 1.14. The van der Waals surface area contributed by atoms with E-state index in [0.29, 0.717) is 0 Å². The van der Waals surface area contributed by atoms with Crippen molar-refractivity contribution in [1.82, 2.24) is 9.78 Å². The minimum Gasteiger partial charge on any atom is -0.302 e. The van der Waals surface area contributed by atoms with Crippen LogP contribution in [-0.4, -0.2) is 16.1 Å². The Labute approximate surface area is 77.8 Å². The van der Waals surface area contributed by atoms with Crippen molar-refractivity contribution < 1.29 is 4.79 Å². The van der Waals surface area contributed by atoms with Crippen molar-refractivity contribution in [2.45, 2.75) is 20.3 Å². The molecule has 13 heavy (non-hydrogen) atoms. The van der Waals surface area contributed by atoms with Gasteiger partial charge in [0.05, 0.1) is 23.4 Å². The summed E-state index contributed by atoms with van der Waals surface area (Å²) in [5, 5.41) is 4.22. The zero-order chi connectivity index (χ0) is 9.84. The van der Waals surface area contributed by atoms with E-state index in [-0.39, 0.29) is 6.42 Å². The number of hydrogen-bond acceptors (Lipinski definition) is 2. The predicted molar refractivity (Wildman–Crippen MR) is 50.2 cm³/mol. The lowest BCUT2D eigenvalue weighted by Crippen LogP contribution is -1.92. The molecule has 0 bridgehead atoms. The smallest absolute Gasteiger partial charge is 0.131 e. The fourth-order valence-electron chi connectivity index (χ4n) is 1.14. The number of nitrogens with zero attached hydrogens (tertiary/aromatic N) is 2. The number of carbonyl (C=O) groups is 1. The van der Waals surface area contributed by atoms with E-state index in [2.05, 4.69) is 16.9 Å². The Morgan fingerprint density at radius 3 is 2.69 bits per heavy atom. The van der Waals surface area contributed by atoms with Crippen molar-refractivity contribution in [3.05, 3.63) is 17.0 Å². The van der Waals surface area contributed by atoms with Crippen molar-refractivity contribution >= 4 is 6.29 Å². The lowest BCUT2D eigenvalue weighted by atomic mass is 10.2. The number of aryl methyl sites for hydroxylation is 2. The van der Waals surface area contributed by atoms with Gasteiger partial charge in [-0.2, -0.15) is 5.10 Å². The van der Waals surface area contributed by atoms with Gasteiger partial charge in [0.25, 0.3) is 0 Å². The van der Waals surface area contributed by atoms with E-state index in [4.69, 9.17) is 0 Å². The standard InChI is InChI=1S/C10H12N2O/c1-8-10(6-4-5-7-13)9(2)12(3)11-8/h7H,5H2,1-3H3. The highest BCUT2D eigenvalue weighted by Crippen LogP contribution is 2.09. The van der Waals surface area contributed by atoms with E-state index in [1.807, 2.05) is 20.9 Å². The second-order valence-corrected chi connectivity index (χ2v) is 2.84. The van der Waals surface area contributed by atoms with Gasteiger partial charge in [0, 0.05) is 7.05 Å². The van der Waals surface area contributed by atoms with Crippen LogP contribution in [0.4, 0.5) is 0 Å². The van der Waals surface area contributed by atoms with Gasteiger partial charge in [-0.05, 0) is 13.8 Å². The zero-order valence-corrected chi connectivity index (χ0v) is 8.09. The quantitative estimate of drug-likeness (QED) is 0.472. The SMILES string of the molecule is Cc1nn(C)c(C)c1C#CCC=O. The molecular weight excluding hydrogens is 164 g/mol. The second kappa shape index (κ2) is 3.90. The second-order valence-electron chi connectivity index (χ2n) is 2.84. The molecule has 0 radical (unpaired) electrons. The molecule has 0 unspecified atom stereocenters. The topological polar surface area (TPSA) is 34.9 Å². The van der Waals surface area contributed by atoms with Gasteiger partial charge < -0.3 is 4.79 Å². The van der Waals surface area contributed by atoms with E-state index < -0.39 is 0 Å². The van der Waals surface area contributed by atoms with Crippen LogP contribution in [0, 0.1) is 25.7 Å². The summed E-state index contributed by atoms with van der Waals surface area (Å²) in [6, 6.07) is 0. The van der Waals surface area contributed by atoms with Gasteiger partial charge in [0.2, 0.25) is 0 Å². The Hall–Kier alpha value is -1.56. The highest BCUT2D eigenvalue weighted by atomic mass is 16.1. The first-order chi connectivity index (χ1) is 6.16. The Bertz CT molecular complexity index is 380. The van der Waals surface area contributed by atoms with Crippen LogP contribution < -0.4 is 0 Å². The molecular formula is C10H12N2O. The molecule has 0 aliphatic heterocycles. The number of aromatic nitrogens is 2. The summed E-state index contributed by atoms with van der Waals surface area (Å²) in [4.78, 5) is 10.0. The molecule has 0 aliphatic carbocycles. The molecule has 0 spiro atoms. The first-order valence-electron chi connectivity index (χ1n) is 4.09. The molecule has 1 heterocycles. The van der Waals surface area contributed by atoms with Gasteiger partial charge in [0.15, 0.2) is 0 Å². The molecule has 0 amide bonds. The van der Waals surface area contributed by atoms with Crippen molar-refractivity contribution in [2.24, 2.45) is 7.05 Å². The summed E-state index contributed by atoms with van der Waals surface area (Å²) in [5.74, 6) is 5.71. The highest BCUT2D eigenvalue weighted by Gasteiger charge is 2.05. The molecule has 1 aromatic heterocycles. The van der Waals surface area contributed by atoms with Crippen molar-refractivity contribution in [3.8, 4) is 11.8 Å². The molecule has 0 atom stereocenters. The van der Waals surface area contributed by atoms with E-state index in [1.54, 1.807) is 4.68 Å². The van der Waals surface area contributed by atoms with Crippen LogP contribution in [0.25, 0.3) is 0 Å². The molecule has 0 N–H and O–H groups in total. The lowest BCUT2D eigenvalue weighted by molar-refractivity contribution is -0.107. The van der Waals surface area contributed by atoms with E-state index >= 15 is 0 Å². The maximum Gasteiger partial charge on any atom is 0.131 e. The van der Waals surface area contributed by atoms with E-state index in [0.717, 1.165) is 23.2 Å². The summed E-state index contributed by atoms with van der Waals surface area (Å²) < 4.78 is 1.79. The van der Waals surface area contributed by atoms with Gasteiger partial charge >= 0.3 is 0 Å². The highest BCUT2D eigenvalue weighted by molar-refractivity contribution is 5.55. The van der Waals surface area contributed by atoms with Crippen LogP contribution in [-0.2, 0) is 11.8 Å². The minimum absolute atomic E-state index is 0.285. The molecule has 68 valence electrons. The number of rotatable bonds is 1. The first-order valence-corrected chi connectivity index (χ1v) is 4.09. The van der Waals surface area contributed by atoms with Crippen LogP contribution in [0.15, 0.2) is 0 Å². The van der Waals surface area contributed by atoms with Gasteiger partial charge in [-0.15, -0.1) is 0 Å². The fraction of sp³-hybridized carbons (Fsp3) is 0.400. The Balaban J connectivity index is 3.02. The maximum atomic E-state index is 10.0. The predicted octanol–water partition coefficient (Wildman–Crippen LogP) is 0.977. The third-order valence-electron chi connectivity index (χ3n) is 1.91. The monoisotopic (exact) mass is 176 g/mol. The molecule has 0 aliphatic rings. The molecule has 3 heteroatoms. The largest absolute Gasteiger partial charge is 0.302 e. The summed E-state index contributed by atoms with van der Waals surface area (Å²) in [5.41, 5.74) is 2.89. The number of carbonyl (C=O) groups excluding carboxylic acids is 1. The zero-order valence-electron chi connectivity index (χ0n) is 8.09. The van der Waals surface area contributed by atoms with Crippen LogP contribution in [0.3, 0.4) is 0 Å². The summed E-state index contributed by atoms with van der Waals surface area (Å²) in [6.45, 7) is 3.88. The third kappa shape index (κ3) is 1.97. The van der Waals surface area contributed by atoms with Crippen molar-refractivity contribution in [1.29, 1.82) is 0 Å². The summed E-state index contributed by atoms with van der Waals surface area (Å²) in [6.07, 6.45) is 1.09. The van der Waals surface area contributed by atoms with Crippen LogP contribution in [0.1, 0.15) is 23.4 Å². The molecule has 0 aromatic carbocycles. The van der Waals surface area contributed by atoms with Crippen LogP contribution in [0.2, 0.25) is 0 Å². The van der Waals surface area contributed by atoms with Crippen molar-refractivity contribution in [2.75, 3.05) is 0 Å². The van der Waals surface area contributed by atoms with Crippen LogP contribution in [0.5, 0.6) is 0 Å². The van der Waals surface area contributed by atoms with Crippen molar-refractivity contribution in [3.63, 3.8) is 0 Å². The van der Waals surface area contributed by atoms with Gasteiger partial charge in [-0.3, -0.25) is 4.68 Å². The van der Waals surface area contributed by atoms with Crippen LogP contribution >= 0.6 is 0 Å². The van der Waals surface area contributed by atoms with E-state index in [1.165, 1.54) is 0 Å².